The SMILES string of the molecule is C=CCCN(CCC=C)CCCSC(c1ccccc1)(c1ccccc1)c1ccccc1. The first-order valence-corrected chi connectivity index (χ1v) is 12.5. The van der Waals surface area contributed by atoms with Gasteiger partial charge in [0.1, 0.15) is 0 Å². The molecule has 0 atom stereocenters. The van der Waals surface area contributed by atoms with Crippen LogP contribution in [-0.2, 0) is 4.75 Å². The van der Waals surface area contributed by atoms with Crippen molar-refractivity contribution in [3.8, 4) is 0 Å². The van der Waals surface area contributed by atoms with Gasteiger partial charge in [0.2, 0.25) is 0 Å². The Bertz CT molecular complexity index is 812. The average molecular weight is 442 g/mol. The molecule has 2 heteroatoms. The van der Waals surface area contributed by atoms with Crippen molar-refractivity contribution in [2.45, 2.75) is 24.0 Å². The molecule has 3 aromatic carbocycles. The van der Waals surface area contributed by atoms with Gasteiger partial charge in [0, 0.05) is 13.1 Å². The highest BCUT2D eigenvalue weighted by molar-refractivity contribution is 8.00. The fourth-order valence-corrected chi connectivity index (χ4v) is 5.65. The minimum atomic E-state index is -0.225. The molecule has 0 spiro atoms. The molecular weight excluding hydrogens is 406 g/mol. The van der Waals surface area contributed by atoms with E-state index in [9.17, 15) is 0 Å². The zero-order chi connectivity index (χ0) is 22.5. The smallest absolute Gasteiger partial charge is 0.0906 e. The quantitative estimate of drug-likeness (QED) is 0.144. The van der Waals surface area contributed by atoms with Crippen molar-refractivity contribution >= 4 is 11.8 Å². The third-order valence-corrected chi connectivity index (χ3v) is 7.41. The van der Waals surface area contributed by atoms with E-state index in [-0.39, 0.29) is 4.75 Å². The molecule has 0 radical (unpaired) electrons. The van der Waals surface area contributed by atoms with Gasteiger partial charge in [-0.1, -0.05) is 103 Å². The molecule has 32 heavy (non-hydrogen) atoms. The normalized spacial score (nSPS) is 11.4. The van der Waals surface area contributed by atoms with E-state index in [1.807, 2.05) is 12.2 Å². The van der Waals surface area contributed by atoms with Gasteiger partial charge in [-0.05, 0) is 48.3 Å². The Morgan fingerprint density at radius 2 is 1.03 bits per heavy atom. The summed E-state index contributed by atoms with van der Waals surface area (Å²) in [4.78, 5) is 2.54. The molecule has 0 aromatic heterocycles. The largest absolute Gasteiger partial charge is 0.303 e. The van der Waals surface area contributed by atoms with E-state index in [0.29, 0.717) is 0 Å². The first kappa shape index (κ1) is 24.1. The van der Waals surface area contributed by atoms with Crippen molar-refractivity contribution in [3.05, 3.63) is 133 Å². The van der Waals surface area contributed by atoms with Crippen LogP contribution in [0.2, 0.25) is 0 Å². The van der Waals surface area contributed by atoms with Gasteiger partial charge in [-0.25, -0.2) is 0 Å². The second-order valence-electron chi connectivity index (χ2n) is 7.98. The van der Waals surface area contributed by atoms with E-state index >= 15 is 0 Å². The lowest BCUT2D eigenvalue weighted by molar-refractivity contribution is 0.285. The monoisotopic (exact) mass is 441 g/mol. The lowest BCUT2D eigenvalue weighted by Crippen LogP contribution is -2.29. The molecule has 0 saturated heterocycles. The Morgan fingerprint density at radius 3 is 1.41 bits per heavy atom. The lowest BCUT2D eigenvalue weighted by Gasteiger charge is -2.36. The summed E-state index contributed by atoms with van der Waals surface area (Å²) in [6.07, 6.45) is 7.24. The Morgan fingerprint density at radius 1 is 0.625 bits per heavy atom. The third kappa shape index (κ3) is 6.25. The van der Waals surface area contributed by atoms with Crippen LogP contribution in [0.4, 0.5) is 0 Å². The molecule has 3 rings (SSSR count). The maximum absolute atomic E-state index is 3.89. The standard InChI is InChI=1S/C30H35NS/c1-3-5-23-31(24-6-4-2)25-16-26-32-30(27-17-10-7-11-18-27,28-19-12-8-13-20-28)29-21-14-9-15-22-29/h3-4,7-15,17-22H,1-2,5-6,16,23-26H2. The third-order valence-electron chi connectivity index (χ3n) is 5.78. The topological polar surface area (TPSA) is 3.24 Å². The van der Waals surface area contributed by atoms with Crippen molar-refractivity contribution in [3.63, 3.8) is 0 Å². The van der Waals surface area contributed by atoms with Gasteiger partial charge in [0.25, 0.3) is 0 Å². The molecule has 0 heterocycles. The number of hydrogen-bond acceptors (Lipinski definition) is 2. The summed E-state index contributed by atoms with van der Waals surface area (Å²) in [6.45, 7) is 11.0. The first-order chi connectivity index (χ1) is 15.8. The minimum absolute atomic E-state index is 0.225. The predicted octanol–water partition coefficient (Wildman–Crippen LogP) is 7.56. The second kappa shape index (κ2) is 13.1. The fraction of sp³-hybridized carbons (Fsp3) is 0.267. The van der Waals surface area contributed by atoms with Crippen LogP contribution in [0.25, 0.3) is 0 Å². The van der Waals surface area contributed by atoms with Crippen molar-refractivity contribution in [2.24, 2.45) is 0 Å². The summed E-state index contributed by atoms with van der Waals surface area (Å²) in [5.74, 6) is 1.08. The van der Waals surface area contributed by atoms with Crippen LogP contribution in [0.5, 0.6) is 0 Å². The maximum Gasteiger partial charge on any atom is 0.0906 e. The van der Waals surface area contributed by atoms with Gasteiger partial charge < -0.3 is 4.90 Å². The summed E-state index contributed by atoms with van der Waals surface area (Å²) in [6, 6.07) is 32.9. The molecule has 0 aliphatic rings. The molecule has 1 nitrogen and oxygen atoms in total. The van der Waals surface area contributed by atoms with Gasteiger partial charge in [0.05, 0.1) is 4.75 Å². The van der Waals surface area contributed by atoms with E-state index in [4.69, 9.17) is 0 Å². The fourth-order valence-electron chi connectivity index (χ4n) is 4.17. The zero-order valence-corrected chi connectivity index (χ0v) is 19.9. The Kier molecular flexibility index (Phi) is 9.87. The lowest BCUT2D eigenvalue weighted by atomic mass is 9.84. The van der Waals surface area contributed by atoms with Crippen LogP contribution in [0, 0.1) is 0 Å². The van der Waals surface area contributed by atoms with Crippen LogP contribution in [0.3, 0.4) is 0 Å². The molecule has 0 N–H and O–H groups in total. The van der Waals surface area contributed by atoms with Gasteiger partial charge >= 0.3 is 0 Å². The molecule has 3 aromatic rings. The second-order valence-corrected chi connectivity index (χ2v) is 9.29. The van der Waals surface area contributed by atoms with Crippen LogP contribution < -0.4 is 0 Å². The van der Waals surface area contributed by atoms with Gasteiger partial charge in [-0.2, -0.15) is 0 Å². The summed E-state index contributed by atoms with van der Waals surface area (Å²) in [7, 11) is 0. The Hall–Kier alpha value is -2.55. The molecule has 0 unspecified atom stereocenters. The van der Waals surface area contributed by atoms with Crippen molar-refractivity contribution in [1.29, 1.82) is 0 Å². The first-order valence-electron chi connectivity index (χ1n) is 11.6. The Balaban J connectivity index is 1.86. The number of rotatable bonds is 14. The molecule has 0 aliphatic carbocycles. The van der Waals surface area contributed by atoms with Gasteiger partial charge in [-0.15, -0.1) is 24.9 Å². The zero-order valence-electron chi connectivity index (χ0n) is 19.0. The Labute approximate surface area is 198 Å². The number of thioether (sulfide) groups is 1. The van der Waals surface area contributed by atoms with Crippen molar-refractivity contribution in [1.82, 2.24) is 4.90 Å². The number of nitrogens with zero attached hydrogens (tertiary/aromatic N) is 1. The van der Waals surface area contributed by atoms with Crippen LogP contribution in [-0.4, -0.2) is 30.3 Å². The number of hydrogen-bond donors (Lipinski definition) is 0. The number of benzene rings is 3. The average Bonchev–Trinajstić information content (AvgIpc) is 2.87. The van der Waals surface area contributed by atoms with E-state index in [2.05, 4.69) is 121 Å². The molecule has 0 amide bonds. The van der Waals surface area contributed by atoms with E-state index < -0.39 is 0 Å². The van der Waals surface area contributed by atoms with E-state index in [1.165, 1.54) is 16.7 Å². The van der Waals surface area contributed by atoms with Crippen LogP contribution in [0.15, 0.2) is 116 Å². The molecule has 0 fully saturated rings. The molecular formula is C30H35NS. The van der Waals surface area contributed by atoms with Crippen LogP contribution >= 0.6 is 11.8 Å². The van der Waals surface area contributed by atoms with Gasteiger partial charge in [-0.3, -0.25) is 0 Å². The molecule has 0 bridgehead atoms. The van der Waals surface area contributed by atoms with E-state index in [1.54, 1.807) is 0 Å². The molecule has 0 saturated carbocycles. The van der Waals surface area contributed by atoms with Crippen LogP contribution in [0.1, 0.15) is 36.0 Å². The van der Waals surface area contributed by atoms with Crippen molar-refractivity contribution < 1.29 is 0 Å². The highest BCUT2D eigenvalue weighted by Gasteiger charge is 2.36. The maximum atomic E-state index is 3.89. The predicted molar refractivity (Wildman–Crippen MR) is 142 cm³/mol. The summed E-state index contributed by atoms with van der Waals surface area (Å²) >= 11 is 2.05. The van der Waals surface area contributed by atoms with Crippen molar-refractivity contribution in [2.75, 3.05) is 25.4 Å². The summed E-state index contributed by atoms with van der Waals surface area (Å²) < 4.78 is -0.225. The molecule has 0 aliphatic heterocycles. The highest BCUT2D eigenvalue weighted by atomic mass is 32.2. The summed E-state index contributed by atoms with van der Waals surface area (Å²) in [5.41, 5.74) is 3.99. The van der Waals surface area contributed by atoms with E-state index in [0.717, 1.165) is 44.6 Å². The summed E-state index contributed by atoms with van der Waals surface area (Å²) in [5, 5.41) is 0. The minimum Gasteiger partial charge on any atom is -0.303 e. The van der Waals surface area contributed by atoms with Gasteiger partial charge in [0.15, 0.2) is 0 Å². The molecule has 166 valence electrons. The highest BCUT2D eigenvalue weighted by Crippen LogP contribution is 2.48.